The van der Waals surface area contributed by atoms with Gasteiger partial charge in [-0.2, -0.15) is 0 Å². The molecule has 0 aliphatic heterocycles. The summed E-state index contributed by atoms with van der Waals surface area (Å²) in [6.45, 7) is 7.68. The van der Waals surface area contributed by atoms with Crippen LogP contribution >= 0.6 is 0 Å². The average molecular weight is 199 g/mol. The number of rotatable bonds is 7. The molecule has 83 valence electrons. The first-order valence-electron chi connectivity index (χ1n) is 5.47. The summed E-state index contributed by atoms with van der Waals surface area (Å²) >= 11 is 0. The number of aliphatic hydroxyl groups excluding tert-OH is 1. The zero-order valence-electron chi connectivity index (χ0n) is 9.37. The molecule has 14 heavy (non-hydrogen) atoms. The Kier molecular flexibility index (Phi) is 6.85. The van der Waals surface area contributed by atoms with E-state index in [-0.39, 0.29) is 0 Å². The Bertz CT molecular complexity index is 158. The summed E-state index contributed by atoms with van der Waals surface area (Å²) in [6.07, 6.45) is 6.37. The highest BCUT2D eigenvalue weighted by molar-refractivity contribution is 5.00. The molecule has 0 saturated heterocycles. The summed E-state index contributed by atoms with van der Waals surface area (Å²) < 4.78 is 0. The van der Waals surface area contributed by atoms with E-state index in [1.807, 2.05) is 13.8 Å². The van der Waals surface area contributed by atoms with Gasteiger partial charge in [-0.25, -0.2) is 0 Å². The summed E-state index contributed by atoms with van der Waals surface area (Å²) in [5.41, 5.74) is -0.949. The van der Waals surface area contributed by atoms with Crippen LogP contribution in [0.25, 0.3) is 0 Å². The summed E-state index contributed by atoms with van der Waals surface area (Å²) in [6, 6.07) is 0. The molecule has 0 aromatic rings. The molecule has 2 nitrogen and oxygen atoms in total. The fourth-order valence-electron chi connectivity index (χ4n) is 1.69. The topological polar surface area (TPSA) is 40.5 Å². The SMILES string of the molecule is [CH2]CC=CC(O)C(O)(CCC)CCC. The number of hydrogen-bond acceptors (Lipinski definition) is 2. The van der Waals surface area contributed by atoms with Crippen LogP contribution < -0.4 is 0 Å². The third-order valence-electron chi connectivity index (χ3n) is 2.40. The molecule has 0 fully saturated rings. The Hall–Kier alpha value is -0.340. The Morgan fingerprint density at radius 3 is 2.14 bits per heavy atom. The molecule has 1 atom stereocenters. The van der Waals surface area contributed by atoms with Gasteiger partial charge in [0.15, 0.2) is 0 Å². The van der Waals surface area contributed by atoms with E-state index in [0.29, 0.717) is 19.3 Å². The van der Waals surface area contributed by atoms with Gasteiger partial charge >= 0.3 is 0 Å². The second kappa shape index (κ2) is 7.02. The van der Waals surface area contributed by atoms with Gasteiger partial charge in [0.2, 0.25) is 0 Å². The summed E-state index contributed by atoms with van der Waals surface area (Å²) in [7, 11) is 0. The van der Waals surface area contributed by atoms with Crippen molar-refractivity contribution >= 4 is 0 Å². The van der Waals surface area contributed by atoms with Gasteiger partial charge < -0.3 is 10.2 Å². The smallest absolute Gasteiger partial charge is 0.101 e. The summed E-state index contributed by atoms with van der Waals surface area (Å²) in [5, 5.41) is 20.0. The fraction of sp³-hybridized carbons (Fsp3) is 0.750. The predicted molar refractivity (Wildman–Crippen MR) is 59.9 cm³/mol. The summed E-state index contributed by atoms with van der Waals surface area (Å²) in [5.74, 6) is 0. The van der Waals surface area contributed by atoms with E-state index in [2.05, 4.69) is 6.92 Å². The van der Waals surface area contributed by atoms with Gasteiger partial charge in [-0.15, -0.1) is 0 Å². The quantitative estimate of drug-likeness (QED) is 0.618. The number of allylic oxidation sites excluding steroid dienone is 1. The lowest BCUT2D eigenvalue weighted by Crippen LogP contribution is -2.40. The second-order valence-corrected chi connectivity index (χ2v) is 3.77. The second-order valence-electron chi connectivity index (χ2n) is 3.77. The zero-order valence-corrected chi connectivity index (χ0v) is 9.37. The van der Waals surface area contributed by atoms with Crippen molar-refractivity contribution in [3.05, 3.63) is 19.1 Å². The van der Waals surface area contributed by atoms with Crippen LogP contribution in [0.3, 0.4) is 0 Å². The Labute approximate surface area is 87.7 Å². The van der Waals surface area contributed by atoms with Crippen LogP contribution in [0.5, 0.6) is 0 Å². The van der Waals surface area contributed by atoms with Crippen LogP contribution in [0.2, 0.25) is 0 Å². The molecule has 2 N–H and O–H groups in total. The largest absolute Gasteiger partial charge is 0.387 e. The van der Waals surface area contributed by atoms with E-state index >= 15 is 0 Å². The van der Waals surface area contributed by atoms with Crippen molar-refractivity contribution in [2.75, 3.05) is 0 Å². The van der Waals surface area contributed by atoms with Crippen molar-refractivity contribution in [2.24, 2.45) is 0 Å². The maximum Gasteiger partial charge on any atom is 0.101 e. The number of hydrogen-bond donors (Lipinski definition) is 2. The highest BCUT2D eigenvalue weighted by Crippen LogP contribution is 2.24. The van der Waals surface area contributed by atoms with Gasteiger partial charge in [0.1, 0.15) is 6.10 Å². The normalized spacial score (nSPS) is 14.9. The highest BCUT2D eigenvalue weighted by atomic mass is 16.3. The van der Waals surface area contributed by atoms with E-state index < -0.39 is 11.7 Å². The molecular weight excluding hydrogens is 176 g/mol. The lowest BCUT2D eigenvalue weighted by Gasteiger charge is -2.31. The van der Waals surface area contributed by atoms with E-state index in [4.69, 9.17) is 0 Å². The van der Waals surface area contributed by atoms with Crippen molar-refractivity contribution < 1.29 is 10.2 Å². The van der Waals surface area contributed by atoms with E-state index in [1.165, 1.54) is 0 Å². The van der Waals surface area contributed by atoms with Gasteiger partial charge in [-0.05, 0) is 26.2 Å². The van der Waals surface area contributed by atoms with Crippen LogP contribution in [-0.4, -0.2) is 21.9 Å². The Morgan fingerprint density at radius 1 is 1.29 bits per heavy atom. The zero-order chi connectivity index (χ0) is 11.0. The standard InChI is InChI=1S/C12H23O2/c1-4-7-8-11(13)12(14,9-5-2)10-6-3/h7-8,11,13-14H,1,4-6,9-10H2,2-3H3. The van der Waals surface area contributed by atoms with Crippen LogP contribution in [0.15, 0.2) is 12.2 Å². The lowest BCUT2D eigenvalue weighted by molar-refractivity contribution is -0.0648. The van der Waals surface area contributed by atoms with Gasteiger partial charge in [0.05, 0.1) is 5.60 Å². The van der Waals surface area contributed by atoms with E-state index in [0.717, 1.165) is 12.8 Å². The molecule has 2 heteroatoms. The maximum absolute atomic E-state index is 10.2. The Morgan fingerprint density at radius 2 is 1.79 bits per heavy atom. The molecule has 0 aromatic carbocycles. The van der Waals surface area contributed by atoms with Crippen LogP contribution in [0.1, 0.15) is 46.0 Å². The molecule has 0 aromatic heterocycles. The summed E-state index contributed by atoms with van der Waals surface area (Å²) in [4.78, 5) is 0. The van der Waals surface area contributed by atoms with E-state index in [9.17, 15) is 10.2 Å². The minimum atomic E-state index is -0.949. The van der Waals surface area contributed by atoms with Crippen LogP contribution in [0.4, 0.5) is 0 Å². The molecule has 0 aliphatic rings. The van der Waals surface area contributed by atoms with Crippen LogP contribution in [0, 0.1) is 6.92 Å². The third-order valence-corrected chi connectivity index (χ3v) is 2.40. The van der Waals surface area contributed by atoms with E-state index in [1.54, 1.807) is 12.2 Å². The number of aliphatic hydroxyl groups is 2. The molecule has 0 amide bonds. The van der Waals surface area contributed by atoms with Gasteiger partial charge in [0.25, 0.3) is 0 Å². The molecule has 0 spiro atoms. The first-order chi connectivity index (χ1) is 6.60. The fourth-order valence-corrected chi connectivity index (χ4v) is 1.69. The van der Waals surface area contributed by atoms with Crippen molar-refractivity contribution in [3.63, 3.8) is 0 Å². The minimum Gasteiger partial charge on any atom is -0.387 e. The monoisotopic (exact) mass is 199 g/mol. The molecule has 0 saturated carbocycles. The molecule has 1 unspecified atom stereocenters. The molecule has 0 bridgehead atoms. The van der Waals surface area contributed by atoms with Crippen molar-refractivity contribution in [1.29, 1.82) is 0 Å². The molecule has 0 rings (SSSR count). The molecule has 0 heterocycles. The first kappa shape index (κ1) is 13.7. The lowest BCUT2D eigenvalue weighted by atomic mass is 9.86. The maximum atomic E-state index is 10.2. The first-order valence-corrected chi connectivity index (χ1v) is 5.47. The third kappa shape index (κ3) is 4.25. The predicted octanol–water partition coefficient (Wildman–Crippen LogP) is 2.46. The van der Waals surface area contributed by atoms with Crippen molar-refractivity contribution in [2.45, 2.75) is 57.7 Å². The molecular formula is C12H23O2. The van der Waals surface area contributed by atoms with Crippen molar-refractivity contribution in [1.82, 2.24) is 0 Å². The van der Waals surface area contributed by atoms with Crippen molar-refractivity contribution in [3.8, 4) is 0 Å². The van der Waals surface area contributed by atoms with Gasteiger partial charge in [0, 0.05) is 0 Å². The van der Waals surface area contributed by atoms with Gasteiger partial charge in [-0.1, -0.05) is 38.8 Å². The minimum absolute atomic E-state index is 0.642. The van der Waals surface area contributed by atoms with Gasteiger partial charge in [-0.3, -0.25) is 0 Å². The molecule has 1 radical (unpaired) electrons. The highest BCUT2D eigenvalue weighted by Gasteiger charge is 2.31. The Balaban J connectivity index is 4.37. The van der Waals surface area contributed by atoms with Crippen LogP contribution in [-0.2, 0) is 0 Å². The average Bonchev–Trinajstić information content (AvgIpc) is 2.15. The molecule has 0 aliphatic carbocycles.